The van der Waals surface area contributed by atoms with Crippen molar-refractivity contribution in [2.45, 2.75) is 12.0 Å². The van der Waals surface area contributed by atoms with Crippen molar-refractivity contribution in [2.75, 3.05) is 0 Å². The Morgan fingerprint density at radius 1 is 1.06 bits per heavy atom. The molecule has 0 unspecified atom stereocenters. The second kappa shape index (κ2) is 7.60. The molecule has 1 N–H and O–H groups in total. The van der Waals surface area contributed by atoms with Crippen molar-refractivity contribution in [3.8, 4) is 0 Å². The number of benzene rings is 1. The van der Waals surface area contributed by atoms with Gasteiger partial charge in [-0.3, -0.25) is 0 Å². The second-order valence-corrected chi connectivity index (χ2v) is 3.10. The predicted octanol–water partition coefficient (Wildman–Crippen LogP) is -8.53. The topological polar surface area (TPSA) is 100 Å². The second-order valence-electron chi connectivity index (χ2n) is 3.10. The van der Waals surface area contributed by atoms with Crippen LogP contribution in [0.4, 0.5) is 0 Å². The normalized spacial score (nSPS) is 9.71. The van der Waals surface area contributed by atoms with Crippen LogP contribution in [0.3, 0.4) is 0 Å². The molecule has 0 aromatic heterocycles. The molecule has 1 rings (SSSR count). The Balaban J connectivity index is 0. The van der Waals surface area contributed by atoms with Gasteiger partial charge in [-0.2, -0.15) is 0 Å². The van der Waals surface area contributed by atoms with E-state index in [0.717, 1.165) is 0 Å². The fraction of sp³-hybridized carbons (Fsp3) is 0.200. The number of carboxylic acid groups (broad SMARTS) is 2. The fourth-order valence-corrected chi connectivity index (χ4v) is 1.12. The summed E-state index contributed by atoms with van der Waals surface area (Å²) in [7, 11) is 0. The third-order valence-electron chi connectivity index (χ3n) is 1.98. The molecule has 0 amide bonds. The van der Waals surface area contributed by atoms with Crippen LogP contribution in [0, 0.1) is 0 Å². The van der Waals surface area contributed by atoms with Gasteiger partial charge in [-0.15, -0.1) is 0 Å². The van der Waals surface area contributed by atoms with Crippen LogP contribution in [0.15, 0.2) is 30.3 Å². The molecule has 0 spiro atoms. The largest absolute Gasteiger partial charge is 1.00 e. The third-order valence-corrected chi connectivity index (χ3v) is 1.98. The summed E-state index contributed by atoms with van der Waals surface area (Å²) in [6, 6.07) is 7.87. The van der Waals surface area contributed by atoms with Crippen LogP contribution in [0.1, 0.15) is 5.56 Å². The summed E-state index contributed by atoms with van der Waals surface area (Å²) in [5.74, 6) is -4.15. The van der Waals surface area contributed by atoms with Gasteiger partial charge < -0.3 is 24.9 Å². The summed E-state index contributed by atoms with van der Waals surface area (Å²) in [5, 5.41) is 30.3. The first-order valence-corrected chi connectivity index (χ1v) is 4.16. The molecule has 0 radical (unpaired) electrons. The van der Waals surface area contributed by atoms with E-state index in [1.807, 2.05) is 0 Å². The van der Waals surface area contributed by atoms with Crippen LogP contribution in [0.25, 0.3) is 0 Å². The summed E-state index contributed by atoms with van der Waals surface area (Å²) in [6.07, 6.45) is -0.585. The molecule has 1 aromatic rings. The maximum absolute atomic E-state index is 10.5. The first kappa shape index (κ1) is 18.7. The van der Waals surface area contributed by atoms with E-state index in [9.17, 15) is 24.9 Å². The Hall–Kier alpha value is -0.685. The van der Waals surface area contributed by atoms with E-state index in [4.69, 9.17) is 0 Å². The van der Waals surface area contributed by atoms with Crippen molar-refractivity contribution in [3.63, 3.8) is 0 Å². The number of aliphatic carboxylic acids is 2. The zero-order valence-corrected chi connectivity index (χ0v) is 9.67. The average molecular weight is 222 g/mol. The Bertz CT molecular complexity index is 366. The molecule has 0 saturated carbocycles. The van der Waals surface area contributed by atoms with Crippen LogP contribution in [-0.2, 0) is 16.0 Å². The minimum absolute atomic E-state index is 0. The molecule has 0 aliphatic rings. The number of carboxylic acids is 2. The quantitative estimate of drug-likeness (QED) is 0.402. The zero-order chi connectivity index (χ0) is 11.5. The van der Waals surface area contributed by atoms with E-state index >= 15 is 0 Å². The van der Waals surface area contributed by atoms with Crippen LogP contribution >= 0.6 is 0 Å². The zero-order valence-electron chi connectivity index (χ0n) is 9.67. The monoisotopic (exact) mass is 222 g/mol. The Morgan fingerprint density at radius 3 is 1.82 bits per heavy atom. The molecule has 0 bridgehead atoms. The maximum atomic E-state index is 10.5. The van der Waals surface area contributed by atoms with Crippen molar-refractivity contribution in [2.24, 2.45) is 0 Å². The van der Waals surface area contributed by atoms with Crippen molar-refractivity contribution in [1.82, 2.24) is 0 Å². The Kier molecular flexibility index (Phi) is 8.35. The summed E-state index contributed by atoms with van der Waals surface area (Å²) >= 11 is 0. The first-order valence-electron chi connectivity index (χ1n) is 4.16. The number of carbonyl (C=O) groups is 2. The van der Waals surface area contributed by atoms with Gasteiger partial charge in [0.25, 0.3) is 0 Å². The molecule has 0 heterocycles. The molecule has 80 valence electrons. The maximum Gasteiger partial charge on any atom is 1.00 e. The number of hydrogen-bond donors (Lipinski definition) is 1. The number of rotatable bonds is 4. The number of carbonyl (C=O) groups excluding carboxylic acids is 2. The Labute approximate surface area is 122 Å². The first-order chi connectivity index (χ1) is 6.97. The van der Waals surface area contributed by atoms with Crippen molar-refractivity contribution >= 4 is 11.9 Å². The summed E-state index contributed by atoms with van der Waals surface area (Å²) < 4.78 is 0. The summed E-state index contributed by atoms with van der Waals surface area (Å²) in [6.45, 7) is 0. The van der Waals surface area contributed by atoms with E-state index in [-0.39, 0.29) is 37.7 Å². The van der Waals surface area contributed by atoms with Crippen LogP contribution in [0.5, 0.6) is 0 Å². The van der Waals surface area contributed by atoms with Gasteiger partial charge >= 0.3 is 37.7 Å². The molecule has 1 aromatic carbocycles. The van der Waals surface area contributed by atoms with E-state index in [0.29, 0.717) is 5.56 Å². The smallest absolute Gasteiger partial charge is 0.547 e. The number of hydrogen-bond acceptors (Lipinski definition) is 5. The minimum atomic E-state index is -2.98. The fourth-order valence-electron chi connectivity index (χ4n) is 1.12. The Morgan fingerprint density at radius 2 is 1.47 bits per heavy atom. The molecule has 5 nitrogen and oxygen atoms in total. The van der Waals surface area contributed by atoms with Gasteiger partial charge in [-0.25, -0.2) is 0 Å². The van der Waals surface area contributed by atoms with Gasteiger partial charge in [0.2, 0.25) is 0 Å². The van der Waals surface area contributed by atoms with Crippen molar-refractivity contribution in [1.29, 1.82) is 0 Å². The van der Waals surface area contributed by atoms with Gasteiger partial charge in [0, 0.05) is 6.42 Å². The van der Waals surface area contributed by atoms with E-state index < -0.39 is 24.0 Å². The van der Waals surface area contributed by atoms with Crippen molar-refractivity contribution in [3.05, 3.63) is 35.9 Å². The van der Waals surface area contributed by atoms with Crippen LogP contribution in [-0.4, -0.2) is 22.6 Å². The van der Waals surface area contributed by atoms with Gasteiger partial charge in [-0.1, -0.05) is 30.3 Å². The van der Waals surface area contributed by atoms with E-state index in [2.05, 4.69) is 0 Å². The average Bonchev–Trinajstić information content (AvgIpc) is 2.18. The van der Waals surface area contributed by atoms with Crippen LogP contribution in [0.2, 0.25) is 0 Å². The SMILES string of the molecule is O=C([O-])C(O)(Cc1ccccc1)C(=O)[O-].[Li+].[Li+]. The molecule has 0 atom stereocenters. The van der Waals surface area contributed by atoms with Crippen LogP contribution < -0.4 is 47.9 Å². The van der Waals surface area contributed by atoms with Crippen molar-refractivity contribution < 1.29 is 62.6 Å². The summed E-state index contributed by atoms with van der Waals surface area (Å²) in [5.41, 5.74) is -2.62. The van der Waals surface area contributed by atoms with Gasteiger partial charge in [0.15, 0.2) is 0 Å². The molecule has 0 saturated heterocycles. The minimum Gasteiger partial charge on any atom is -0.547 e. The van der Waals surface area contributed by atoms with Gasteiger partial charge in [-0.05, 0) is 5.56 Å². The van der Waals surface area contributed by atoms with E-state index in [1.54, 1.807) is 18.2 Å². The molecule has 0 aliphatic heterocycles. The number of aliphatic hydroxyl groups is 1. The predicted molar refractivity (Wildman–Crippen MR) is 45.1 cm³/mol. The molecular formula is C10H8Li2O5. The van der Waals surface area contributed by atoms with Gasteiger partial charge in [0.05, 0.1) is 11.9 Å². The molecule has 0 fully saturated rings. The van der Waals surface area contributed by atoms with E-state index in [1.165, 1.54) is 12.1 Å². The molecule has 17 heavy (non-hydrogen) atoms. The molecule has 0 aliphatic carbocycles. The van der Waals surface area contributed by atoms with Gasteiger partial charge in [0.1, 0.15) is 5.60 Å². The molecule has 7 heteroatoms. The standard InChI is InChI=1S/C10H10O5.2Li/c11-8(12)10(15,9(13)14)6-7-4-2-1-3-5-7;;/h1-5,15H,6H2,(H,11,12)(H,13,14);;/q;2*+1/p-2. The summed E-state index contributed by atoms with van der Waals surface area (Å²) in [4.78, 5) is 21.0. The molecular weight excluding hydrogens is 214 g/mol. The third kappa shape index (κ3) is 4.59.